The largest absolute Gasteiger partial charge is 0.370 e. The van der Waals surface area contributed by atoms with Crippen molar-refractivity contribution in [3.63, 3.8) is 0 Å². The summed E-state index contributed by atoms with van der Waals surface area (Å²) < 4.78 is 32.8. The van der Waals surface area contributed by atoms with Gasteiger partial charge in [-0.05, 0) is 43.9 Å². The summed E-state index contributed by atoms with van der Waals surface area (Å²) in [5, 5.41) is 6.93. The first-order valence-electron chi connectivity index (χ1n) is 12.3. The molecule has 1 N–H and O–H groups in total. The number of rotatable bonds is 11. The van der Waals surface area contributed by atoms with Crippen molar-refractivity contribution >= 4 is 27.3 Å². The highest BCUT2D eigenvalue weighted by molar-refractivity contribution is 7.89. The van der Waals surface area contributed by atoms with Crippen LogP contribution in [0.25, 0.3) is 0 Å². The molecule has 1 aromatic carbocycles. The van der Waals surface area contributed by atoms with Gasteiger partial charge in [0, 0.05) is 44.9 Å². The van der Waals surface area contributed by atoms with Gasteiger partial charge in [0.1, 0.15) is 0 Å². The number of piperidine rings is 1. The second-order valence-corrected chi connectivity index (χ2v) is 10.9. The van der Waals surface area contributed by atoms with Crippen LogP contribution in [0.5, 0.6) is 0 Å². The van der Waals surface area contributed by atoms with Gasteiger partial charge in [0.15, 0.2) is 5.82 Å². The van der Waals surface area contributed by atoms with E-state index in [0.717, 1.165) is 31.6 Å². The second-order valence-electron chi connectivity index (χ2n) is 8.92. The number of anilines is 2. The maximum atomic E-state index is 13.1. The Bertz CT molecular complexity index is 1060. The third kappa shape index (κ3) is 6.35. The molecule has 1 aliphatic heterocycles. The molecule has 1 saturated heterocycles. The molecule has 10 heteroatoms. The van der Waals surface area contributed by atoms with Gasteiger partial charge in [-0.3, -0.25) is 4.79 Å². The summed E-state index contributed by atoms with van der Waals surface area (Å²) in [7, 11) is -3.63. The number of benzene rings is 1. The third-order valence-electron chi connectivity index (χ3n) is 6.08. The Morgan fingerprint density at radius 2 is 1.88 bits per heavy atom. The van der Waals surface area contributed by atoms with Crippen LogP contribution in [-0.2, 0) is 21.2 Å². The van der Waals surface area contributed by atoms with Crippen LogP contribution in [0.2, 0.25) is 0 Å². The number of amides is 1. The van der Waals surface area contributed by atoms with Crippen molar-refractivity contribution in [2.45, 2.75) is 77.0 Å². The highest BCUT2D eigenvalue weighted by Gasteiger charge is 2.24. The van der Waals surface area contributed by atoms with E-state index in [0.29, 0.717) is 43.3 Å². The fourth-order valence-electron chi connectivity index (χ4n) is 4.12. The summed E-state index contributed by atoms with van der Waals surface area (Å²) in [6.07, 6.45) is 4.68. The van der Waals surface area contributed by atoms with E-state index in [-0.39, 0.29) is 23.1 Å². The molecule has 0 atom stereocenters. The zero-order chi connectivity index (χ0) is 24.7. The molecule has 1 fully saturated rings. The molecule has 0 aliphatic carbocycles. The highest BCUT2D eigenvalue weighted by Crippen LogP contribution is 2.32. The molecule has 2 aromatic rings. The van der Waals surface area contributed by atoms with E-state index in [9.17, 15) is 13.2 Å². The van der Waals surface area contributed by atoms with E-state index in [4.69, 9.17) is 4.52 Å². The average Bonchev–Trinajstić information content (AvgIpc) is 3.29. The van der Waals surface area contributed by atoms with Crippen molar-refractivity contribution in [1.82, 2.24) is 14.4 Å². The highest BCUT2D eigenvalue weighted by atomic mass is 32.2. The summed E-state index contributed by atoms with van der Waals surface area (Å²) in [6, 6.07) is 5.07. The van der Waals surface area contributed by atoms with E-state index in [2.05, 4.69) is 20.4 Å². The summed E-state index contributed by atoms with van der Waals surface area (Å²) in [4.78, 5) is 19.6. The van der Waals surface area contributed by atoms with Crippen LogP contribution in [-0.4, -0.2) is 54.9 Å². The minimum Gasteiger partial charge on any atom is -0.370 e. The number of carbonyl (C=O) groups excluding carboxylic acids is 1. The fraction of sp³-hybridized carbons (Fsp3) is 0.625. The number of sulfonamides is 1. The molecule has 9 nitrogen and oxygen atoms in total. The predicted octanol–water partition coefficient (Wildman–Crippen LogP) is 4.18. The van der Waals surface area contributed by atoms with E-state index in [1.54, 1.807) is 12.1 Å². The summed E-state index contributed by atoms with van der Waals surface area (Å²) in [6.45, 7) is 10.2. The van der Waals surface area contributed by atoms with Crippen molar-refractivity contribution in [2.75, 3.05) is 36.4 Å². The standard InChI is InChI=1S/C24H37N5O4S/c1-5-29(6-2)34(31,32)19-13-14-21(28-15-8-7-9-16-28)20(17-19)25-22(30)11-10-12-23-26-24(18(3)4)27-33-23/h13-14,17-18H,5-12,15-16H2,1-4H3,(H,25,30). The normalized spacial score (nSPS) is 14.7. The van der Waals surface area contributed by atoms with Crippen LogP contribution in [0.1, 0.15) is 77.4 Å². The van der Waals surface area contributed by atoms with Crippen LogP contribution in [0.3, 0.4) is 0 Å². The van der Waals surface area contributed by atoms with Crippen molar-refractivity contribution in [3.8, 4) is 0 Å². The lowest BCUT2D eigenvalue weighted by atomic mass is 10.1. The van der Waals surface area contributed by atoms with Gasteiger partial charge in [-0.2, -0.15) is 9.29 Å². The molecule has 0 radical (unpaired) electrons. The van der Waals surface area contributed by atoms with Gasteiger partial charge in [-0.25, -0.2) is 8.42 Å². The maximum absolute atomic E-state index is 13.1. The minimum atomic E-state index is -3.63. The lowest BCUT2D eigenvalue weighted by Gasteiger charge is -2.31. The molecular formula is C24H37N5O4S. The van der Waals surface area contributed by atoms with Crippen molar-refractivity contribution < 1.29 is 17.7 Å². The lowest BCUT2D eigenvalue weighted by molar-refractivity contribution is -0.116. The quantitative estimate of drug-likeness (QED) is 0.502. The molecule has 0 spiro atoms. The molecular weight excluding hydrogens is 454 g/mol. The van der Waals surface area contributed by atoms with Gasteiger partial charge in [0.2, 0.25) is 21.8 Å². The van der Waals surface area contributed by atoms with Gasteiger partial charge in [-0.15, -0.1) is 0 Å². The van der Waals surface area contributed by atoms with Gasteiger partial charge in [0.25, 0.3) is 0 Å². The van der Waals surface area contributed by atoms with Crippen molar-refractivity contribution in [2.24, 2.45) is 0 Å². The zero-order valence-corrected chi connectivity index (χ0v) is 21.5. The Morgan fingerprint density at radius 1 is 1.18 bits per heavy atom. The SMILES string of the molecule is CCN(CC)S(=O)(=O)c1ccc(N2CCCCC2)c(NC(=O)CCCc2nc(C(C)C)no2)c1. The second kappa shape index (κ2) is 11.8. The van der Waals surface area contributed by atoms with E-state index >= 15 is 0 Å². The Kier molecular flexibility index (Phi) is 9.07. The Hall–Kier alpha value is -2.46. The van der Waals surface area contributed by atoms with Crippen molar-refractivity contribution in [1.29, 1.82) is 0 Å². The van der Waals surface area contributed by atoms with E-state index in [1.807, 2.05) is 33.8 Å². The summed E-state index contributed by atoms with van der Waals surface area (Å²) in [5.41, 5.74) is 1.41. The van der Waals surface area contributed by atoms with Crippen LogP contribution in [0.15, 0.2) is 27.6 Å². The molecule has 1 amide bonds. The van der Waals surface area contributed by atoms with Crippen LogP contribution in [0.4, 0.5) is 11.4 Å². The molecule has 1 aromatic heterocycles. The van der Waals surface area contributed by atoms with E-state index < -0.39 is 10.0 Å². The van der Waals surface area contributed by atoms with Crippen LogP contribution < -0.4 is 10.2 Å². The Labute approximate surface area is 202 Å². The first-order chi connectivity index (χ1) is 16.3. The number of aryl methyl sites for hydroxylation is 1. The average molecular weight is 492 g/mol. The summed E-state index contributed by atoms with van der Waals surface area (Å²) in [5.74, 6) is 1.21. The maximum Gasteiger partial charge on any atom is 0.243 e. The number of aromatic nitrogens is 2. The molecule has 34 heavy (non-hydrogen) atoms. The number of hydrogen-bond donors (Lipinski definition) is 1. The monoisotopic (exact) mass is 491 g/mol. The number of carbonyl (C=O) groups is 1. The first-order valence-corrected chi connectivity index (χ1v) is 13.7. The van der Waals surface area contributed by atoms with Crippen LogP contribution in [0, 0.1) is 0 Å². The lowest BCUT2D eigenvalue weighted by Crippen LogP contribution is -2.32. The molecule has 2 heterocycles. The van der Waals surface area contributed by atoms with Gasteiger partial charge >= 0.3 is 0 Å². The van der Waals surface area contributed by atoms with E-state index in [1.165, 1.54) is 10.7 Å². The predicted molar refractivity (Wildman–Crippen MR) is 133 cm³/mol. The molecule has 0 saturated carbocycles. The summed E-state index contributed by atoms with van der Waals surface area (Å²) >= 11 is 0. The Morgan fingerprint density at radius 3 is 2.50 bits per heavy atom. The zero-order valence-electron chi connectivity index (χ0n) is 20.7. The fourth-order valence-corrected chi connectivity index (χ4v) is 5.60. The van der Waals surface area contributed by atoms with Gasteiger partial charge in [-0.1, -0.05) is 32.9 Å². The molecule has 188 valence electrons. The molecule has 1 aliphatic rings. The van der Waals surface area contributed by atoms with Gasteiger partial charge in [0.05, 0.1) is 16.3 Å². The molecule has 0 bridgehead atoms. The number of nitrogens with zero attached hydrogens (tertiary/aromatic N) is 4. The Balaban J connectivity index is 1.75. The number of hydrogen-bond acceptors (Lipinski definition) is 7. The number of nitrogens with one attached hydrogen (secondary N) is 1. The molecule has 3 rings (SSSR count). The van der Waals surface area contributed by atoms with Crippen molar-refractivity contribution in [3.05, 3.63) is 29.9 Å². The van der Waals surface area contributed by atoms with Crippen LogP contribution >= 0.6 is 0 Å². The smallest absolute Gasteiger partial charge is 0.243 e. The first kappa shape index (κ1) is 26.2. The van der Waals surface area contributed by atoms with Gasteiger partial charge < -0.3 is 14.7 Å². The molecule has 0 unspecified atom stereocenters. The third-order valence-corrected chi connectivity index (χ3v) is 8.12. The minimum absolute atomic E-state index is 0.167. The topological polar surface area (TPSA) is 109 Å².